The number of hydrogen-bond acceptors (Lipinski definition) is 6. The Bertz CT molecular complexity index is 1020. The highest BCUT2D eigenvalue weighted by atomic mass is 16.7. The van der Waals surface area contributed by atoms with E-state index in [1.54, 1.807) is 18.2 Å². The van der Waals surface area contributed by atoms with Crippen molar-refractivity contribution in [2.45, 2.75) is 20.4 Å². The quantitative estimate of drug-likeness (QED) is 0.706. The van der Waals surface area contributed by atoms with Crippen molar-refractivity contribution in [2.24, 2.45) is 0 Å². The number of hydrogen-bond donors (Lipinski definition) is 2. The molecule has 0 atom stereocenters. The van der Waals surface area contributed by atoms with Crippen LogP contribution in [0.2, 0.25) is 0 Å². The number of ether oxygens (including phenoxy) is 2. The lowest BCUT2D eigenvalue weighted by molar-refractivity contribution is 0.102. The van der Waals surface area contributed by atoms with Crippen LogP contribution in [-0.2, 0) is 6.54 Å². The van der Waals surface area contributed by atoms with E-state index in [0.29, 0.717) is 23.7 Å². The third kappa shape index (κ3) is 3.88. The maximum atomic E-state index is 12.3. The summed E-state index contributed by atoms with van der Waals surface area (Å²) < 4.78 is 10.7. The van der Waals surface area contributed by atoms with Crippen molar-refractivity contribution < 1.29 is 14.3 Å². The number of amides is 1. The number of anilines is 2. The van der Waals surface area contributed by atoms with Crippen LogP contribution in [0.25, 0.3) is 0 Å². The minimum absolute atomic E-state index is 0.210. The monoisotopic (exact) mass is 376 g/mol. The molecule has 1 aliphatic heterocycles. The molecule has 0 bridgehead atoms. The minimum atomic E-state index is -0.210. The largest absolute Gasteiger partial charge is 0.454 e. The summed E-state index contributed by atoms with van der Waals surface area (Å²) in [6.45, 7) is 4.82. The maximum Gasteiger partial charge on any atom is 0.256 e. The summed E-state index contributed by atoms with van der Waals surface area (Å²) in [4.78, 5) is 12.3. The van der Waals surface area contributed by atoms with Gasteiger partial charge in [0.2, 0.25) is 6.79 Å². The normalized spacial score (nSPS) is 11.9. The average Bonchev–Trinajstić information content (AvgIpc) is 3.17. The summed E-state index contributed by atoms with van der Waals surface area (Å²) in [5.74, 6) is 2.30. The molecule has 0 fully saturated rings. The molecule has 142 valence electrons. The van der Waals surface area contributed by atoms with Gasteiger partial charge in [0.1, 0.15) is 5.82 Å². The van der Waals surface area contributed by atoms with Crippen LogP contribution in [0.3, 0.4) is 0 Å². The van der Waals surface area contributed by atoms with Crippen molar-refractivity contribution in [1.82, 2.24) is 10.2 Å². The van der Waals surface area contributed by atoms with Gasteiger partial charge in [-0.3, -0.25) is 4.79 Å². The summed E-state index contributed by atoms with van der Waals surface area (Å²) in [6, 6.07) is 14.9. The fourth-order valence-corrected chi connectivity index (χ4v) is 2.81. The third-order valence-corrected chi connectivity index (χ3v) is 4.59. The van der Waals surface area contributed by atoms with Gasteiger partial charge in [-0.2, -0.15) is 0 Å². The van der Waals surface area contributed by atoms with E-state index in [2.05, 4.69) is 20.8 Å². The molecule has 0 radical (unpaired) electrons. The van der Waals surface area contributed by atoms with E-state index in [1.807, 2.05) is 44.2 Å². The first-order chi connectivity index (χ1) is 13.6. The van der Waals surface area contributed by atoms with Crippen molar-refractivity contribution in [2.75, 3.05) is 17.4 Å². The Morgan fingerprint density at radius 3 is 2.50 bits per heavy atom. The zero-order chi connectivity index (χ0) is 19.5. The number of benzene rings is 2. The third-order valence-electron chi connectivity index (χ3n) is 4.59. The first-order valence-corrected chi connectivity index (χ1v) is 8.93. The molecule has 0 aliphatic carbocycles. The van der Waals surface area contributed by atoms with Crippen molar-refractivity contribution in [3.63, 3.8) is 0 Å². The van der Waals surface area contributed by atoms with Gasteiger partial charge in [-0.1, -0.05) is 12.1 Å². The molecular weight excluding hydrogens is 356 g/mol. The summed E-state index contributed by atoms with van der Waals surface area (Å²) in [6.07, 6.45) is 0. The Hall–Kier alpha value is -3.61. The Kier molecular flexibility index (Phi) is 4.80. The van der Waals surface area contributed by atoms with Gasteiger partial charge in [0.05, 0.1) is 0 Å². The lowest BCUT2D eigenvalue weighted by Gasteiger charge is -2.08. The number of nitrogens with one attached hydrogen (secondary N) is 2. The van der Waals surface area contributed by atoms with Crippen molar-refractivity contribution in [1.29, 1.82) is 0 Å². The van der Waals surface area contributed by atoms with Crippen molar-refractivity contribution in [3.05, 3.63) is 70.8 Å². The molecular formula is C21H20N4O3. The molecule has 4 rings (SSSR count). The van der Waals surface area contributed by atoms with Crippen LogP contribution in [0.1, 0.15) is 27.0 Å². The number of rotatable bonds is 5. The molecule has 1 aliphatic rings. The molecule has 28 heavy (non-hydrogen) atoms. The van der Waals surface area contributed by atoms with Gasteiger partial charge in [-0.05, 0) is 66.9 Å². The fraction of sp³-hybridized carbons (Fsp3) is 0.190. The average molecular weight is 376 g/mol. The Morgan fingerprint density at radius 1 is 0.929 bits per heavy atom. The summed E-state index contributed by atoms with van der Waals surface area (Å²) in [5, 5.41) is 14.1. The standard InChI is InChI=1S/C21H20N4O3/c1-13-3-5-16(9-14(13)2)21(26)23-20-8-7-19(24-25-20)22-11-15-4-6-17-18(10-15)28-12-27-17/h3-10H,11-12H2,1-2H3,(H,22,24)(H,23,25,26). The van der Waals surface area contributed by atoms with Crippen LogP contribution < -0.4 is 20.1 Å². The molecule has 0 spiro atoms. The van der Waals surface area contributed by atoms with Crippen LogP contribution in [0.4, 0.5) is 11.6 Å². The molecule has 2 aromatic carbocycles. The van der Waals surface area contributed by atoms with E-state index in [-0.39, 0.29) is 12.7 Å². The van der Waals surface area contributed by atoms with Gasteiger partial charge in [0.25, 0.3) is 5.91 Å². The van der Waals surface area contributed by atoms with Crippen LogP contribution in [0.5, 0.6) is 11.5 Å². The van der Waals surface area contributed by atoms with Crippen LogP contribution in [-0.4, -0.2) is 22.9 Å². The number of aryl methyl sites for hydroxylation is 2. The number of carbonyl (C=O) groups excluding carboxylic acids is 1. The van der Waals surface area contributed by atoms with E-state index in [0.717, 1.165) is 28.2 Å². The summed E-state index contributed by atoms with van der Waals surface area (Å²) in [7, 11) is 0. The van der Waals surface area contributed by atoms with E-state index in [1.165, 1.54) is 0 Å². The van der Waals surface area contributed by atoms with Gasteiger partial charge in [0.15, 0.2) is 17.3 Å². The lowest BCUT2D eigenvalue weighted by Crippen LogP contribution is -2.14. The number of aromatic nitrogens is 2. The van der Waals surface area contributed by atoms with Gasteiger partial charge in [-0.15, -0.1) is 10.2 Å². The Balaban J connectivity index is 1.35. The molecule has 2 N–H and O–H groups in total. The first-order valence-electron chi connectivity index (χ1n) is 8.93. The molecule has 1 amide bonds. The molecule has 7 heteroatoms. The van der Waals surface area contributed by atoms with Gasteiger partial charge < -0.3 is 20.1 Å². The molecule has 0 unspecified atom stereocenters. The second-order valence-electron chi connectivity index (χ2n) is 6.60. The highest BCUT2D eigenvalue weighted by Crippen LogP contribution is 2.32. The van der Waals surface area contributed by atoms with E-state index in [9.17, 15) is 4.79 Å². The molecule has 0 saturated heterocycles. The van der Waals surface area contributed by atoms with Gasteiger partial charge >= 0.3 is 0 Å². The van der Waals surface area contributed by atoms with E-state index >= 15 is 0 Å². The molecule has 0 saturated carbocycles. The second kappa shape index (κ2) is 7.56. The summed E-state index contributed by atoms with van der Waals surface area (Å²) >= 11 is 0. The predicted octanol–water partition coefficient (Wildman–Crippen LogP) is 3.69. The van der Waals surface area contributed by atoms with Crippen LogP contribution in [0, 0.1) is 13.8 Å². The van der Waals surface area contributed by atoms with E-state index < -0.39 is 0 Å². The van der Waals surface area contributed by atoms with Gasteiger partial charge in [-0.25, -0.2) is 0 Å². The maximum absolute atomic E-state index is 12.3. The molecule has 7 nitrogen and oxygen atoms in total. The van der Waals surface area contributed by atoms with Crippen LogP contribution in [0.15, 0.2) is 48.5 Å². The fourth-order valence-electron chi connectivity index (χ4n) is 2.81. The number of fused-ring (bicyclic) bond motifs is 1. The molecule has 2 heterocycles. The lowest BCUT2D eigenvalue weighted by atomic mass is 10.1. The topological polar surface area (TPSA) is 85.4 Å². The Labute approximate surface area is 162 Å². The zero-order valence-corrected chi connectivity index (χ0v) is 15.7. The Morgan fingerprint density at radius 2 is 1.71 bits per heavy atom. The first kappa shape index (κ1) is 17.8. The minimum Gasteiger partial charge on any atom is -0.454 e. The predicted molar refractivity (Wildman–Crippen MR) is 106 cm³/mol. The zero-order valence-electron chi connectivity index (χ0n) is 15.7. The van der Waals surface area contributed by atoms with Crippen molar-refractivity contribution in [3.8, 4) is 11.5 Å². The van der Waals surface area contributed by atoms with Crippen molar-refractivity contribution >= 4 is 17.5 Å². The second-order valence-corrected chi connectivity index (χ2v) is 6.60. The highest BCUT2D eigenvalue weighted by molar-refractivity contribution is 6.03. The number of carbonyl (C=O) groups is 1. The number of nitrogens with zero attached hydrogens (tertiary/aromatic N) is 2. The van der Waals surface area contributed by atoms with Crippen LogP contribution >= 0.6 is 0 Å². The molecule has 1 aromatic heterocycles. The summed E-state index contributed by atoms with van der Waals surface area (Å²) in [5.41, 5.74) is 3.85. The highest BCUT2D eigenvalue weighted by Gasteiger charge is 2.13. The molecule has 3 aromatic rings. The smallest absolute Gasteiger partial charge is 0.256 e. The van der Waals surface area contributed by atoms with Gasteiger partial charge in [0, 0.05) is 12.1 Å². The van der Waals surface area contributed by atoms with E-state index in [4.69, 9.17) is 9.47 Å². The SMILES string of the molecule is Cc1ccc(C(=O)Nc2ccc(NCc3ccc4c(c3)OCO4)nn2)cc1C.